The fraction of sp³-hybridized carbons (Fsp3) is 0.529. The minimum atomic E-state index is -0.235. The van der Waals surface area contributed by atoms with Gasteiger partial charge >= 0.3 is 0 Å². The molecule has 21 heavy (non-hydrogen) atoms. The lowest BCUT2D eigenvalue weighted by Gasteiger charge is -2.30. The number of carbonyl (C=O) groups is 2. The lowest BCUT2D eigenvalue weighted by atomic mass is 9.96. The maximum absolute atomic E-state index is 12.1. The molecule has 1 aliphatic rings. The number of hydrogen-bond acceptors (Lipinski definition) is 2. The second-order valence-electron chi connectivity index (χ2n) is 5.90. The Kier molecular flexibility index (Phi) is 5.37. The van der Waals surface area contributed by atoms with E-state index in [0.717, 1.165) is 12.8 Å². The van der Waals surface area contributed by atoms with E-state index in [0.29, 0.717) is 32.4 Å². The average molecular weight is 288 g/mol. The molecule has 2 amide bonds. The van der Waals surface area contributed by atoms with Crippen molar-refractivity contribution in [3.63, 3.8) is 0 Å². The highest BCUT2D eigenvalue weighted by Crippen LogP contribution is 2.18. The topological polar surface area (TPSA) is 63.4 Å². The number of carbonyl (C=O) groups excluding carboxylic acids is 2. The Bertz CT molecular complexity index is 488. The molecule has 0 bridgehead atoms. The summed E-state index contributed by atoms with van der Waals surface area (Å²) < 4.78 is 0. The predicted molar refractivity (Wildman–Crippen MR) is 82.6 cm³/mol. The van der Waals surface area contributed by atoms with Gasteiger partial charge in [-0.1, -0.05) is 29.8 Å². The van der Waals surface area contributed by atoms with Crippen LogP contribution in [0.25, 0.3) is 0 Å². The molecule has 0 aromatic heterocycles. The number of nitrogens with two attached hydrogens (primary N) is 1. The Morgan fingerprint density at radius 3 is 2.38 bits per heavy atom. The van der Waals surface area contributed by atoms with E-state index in [1.807, 2.05) is 4.90 Å². The monoisotopic (exact) mass is 288 g/mol. The van der Waals surface area contributed by atoms with Crippen molar-refractivity contribution in [1.29, 1.82) is 0 Å². The van der Waals surface area contributed by atoms with Crippen LogP contribution in [-0.4, -0.2) is 29.8 Å². The maximum Gasteiger partial charge on any atom is 0.222 e. The molecular weight excluding hydrogens is 264 g/mol. The lowest BCUT2D eigenvalue weighted by Crippen LogP contribution is -2.41. The van der Waals surface area contributed by atoms with E-state index in [1.54, 1.807) is 0 Å². The first-order chi connectivity index (χ1) is 10.1. The Balaban J connectivity index is 1.70. The molecule has 4 heteroatoms. The lowest BCUT2D eigenvalue weighted by molar-refractivity contribution is -0.134. The van der Waals surface area contributed by atoms with Gasteiger partial charge in [0.25, 0.3) is 0 Å². The zero-order valence-corrected chi connectivity index (χ0v) is 12.7. The van der Waals surface area contributed by atoms with E-state index in [1.165, 1.54) is 11.1 Å². The van der Waals surface area contributed by atoms with Gasteiger partial charge in [0.15, 0.2) is 0 Å². The van der Waals surface area contributed by atoms with E-state index in [2.05, 4.69) is 31.2 Å². The molecular formula is C17H24N2O2. The van der Waals surface area contributed by atoms with Gasteiger partial charge in [-0.2, -0.15) is 0 Å². The third-order valence-electron chi connectivity index (χ3n) is 4.23. The Morgan fingerprint density at radius 1 is 1.19 bits per heavy atom. The summed E-state index contributed by atoms with van der Waals surface area (Å²) in [5.41, 5.74) is 7.84. The first kappa shape index (κ1) is 15.5. The highest BCUT2D eigenvalue weighted by Gasteiger charge is 2.25. The van der Waals surface area contributed by atoms with Crippen LogP contribution in [0.15, 0.2) is 24.3 Å². The zero-order valence-electron chi connectivity index (χ0n) is 12.7. The fourth-order valence-corrected chi connectivity index (χ4v) is 2.77. The quantitative estimate of drug-likeness (QED) is 0.901. The molecule has 4 nitrogen and oxygen atoms in total. The van der Waals surface area contributed by atoms with Crippen molar-refractivity contribution in [3.8, 4) is 0 Å². The van der Waals surface area contributed by atoms with Crippen molar-refractivity contribution in [1.82, 2.24) is 4.90 Å². The standard InChI is InChI=1S/C17H24N2O2/c1-13-5-7-14(8-6-13)3-2-4-16(20)19-11-9-15(10-12-19)17(18)21/h5-8,15H,2-4,9-12H2,1H3,(H2,18,21). The highest BCUT2D eigenvalue weighted by molar-refractivity contribution is 5.78. The van der Waals surface area contributed by atoms with E-state index in [9.17, 15) is 9.59 Å². The highest BCUT2D eigenvalue weighted by atomic mass is 16.2. The SMILES string of the molecule is Cc1ccc(CCCC(=O)N2CCC(C(N)=O)CC2)cc1. The molecule has 1 aliphatic heterocycles. The summed E-state index contributed by atoms with van der Waals surface area (Å²) in [6, 6.07) is 8.45. The van der Waals surface area contributed by atoms with Gasteiger partial charge in [0, 0.05) is 25.4 Å². The van der Waals surface area contributed by atoms with Crippen LogP contribution in [0.3, 0.4) is 0 Å². The first-order valence-corrected chi connectivity index (χ1v) is 7.69. The van der Waals surface area contributed by atoms with E-state index < -0.39 is 0 Å². The molecule has 1 heterocycles. The van der Waals surface area contributed by atoms with Gasteiger partial charge < -0.3 is 10.6 Å². The number of piperidine rings is 1. The maximum atomic E-state index is 12.1. The van der Waals surface area contributed by atoms with Crippen molar-refractivity contribution in [3.05, 3.63) is 35.4 Å². The van der Waals surface area contributed by atoms with Crippen molar-refractivity contribution in [2.24, 2.45) is 11.7 Å². The molecule has 114 valence electrons. The largest absolute Gasteiger partial charge is 0.369 e. The summed E-state index contributed by atoms with van der Waals surface area (Å²) in [5, 5.41) is 0. The first-order valence-electron chi connectivity index (χ1n) is 7.69. The van der Waals surface area contributed by atoms with Crippen LogP contribution in [0.4, 0.5) is 0 Å². The molecule has 0 saturated carbocycles. The van der Waals surface area contributed by atoms with Crippen molar-refractivity contribution in [2.75, 3.05) is 13.1 Å². The molecule has 1 saturated heterocycles. The van der Waals surface area contributed by atoms with Crippen LogP contribution in [0.1, 0.15) is 36.8 Å². The number of benzene rings is 1. The summed E-state index contributed by atoms with van der Waals surface area (Å²) in [5.74, 6) is -0.0897. The van der Waals surface area contributed by atoms with Gasteiger partial charge in [-0.3, -0.25) is 9.59 Å². The van der Waals surface area contributed by atoms with Crippen molar-refractivity contribution in [2.45, 2.75) is 39.0 Å². The second kappa shape index (κ2) is 7.25. The molecule has 0 spiro atoms. The zero-order chi connectivity index (χ0) is 15.2. The number of nitrogens with zero attached hydrogens (tertiary/aromatic N) is 1. The van der Waals surface area contributed by atoms with Crippen molar-refractivity contribution < 1.29 is 9.59 Å². The number of amides is 2. The van der Waals surface area contributed by atoms with Crippen molar-refractivity contribution >= 4 is 11.8 Å². The Hall–Kier alpha value is -1.84. The third kappa shape index (κ3) is 4.59. The summed E-state index contributed by atoms with van der Waals surface area (Å²) in [6.45, 7) is 3.40. The van der Waals surface area contributed by atoms with E-state index >= 15 is 0 Å². The van der Waals surface area contributed by atoms with Gasteiger partial charge in [-0.25, -0.2) is 0 Å². The Morgan fingerprint density at radius 2 is 1.81 bits per heavy atom. The number of likely N-dealkylation sites (tertiary alicyclic amines) is 1. The van der Waals surface area contributed by atoms with Crippen LogP contribution in [0, 0.1) is 12.8 Å². The van der Waals surface area contributed by atoms with Gasteiger partial charge in [0.2, 0.25) is 11.8 Å². The van der Waals surface area contributed by atoms with E-state index in [-0.39, 0.29) is 17.7 Å². The smallest absolute Gasteiger partial charge is 0.222 e. The number of aryl methyl sites for hydroxylation is 2. The number of hydrogen-bond donors (Lipinski definition) is 1. The van der Waals surface area contributed by atoms with Gasteiger partial charge in [0.05, 0.1) is 0 Å². The molecule has 2 rings (SSSR count). The number of rotatable bonds is 5. The predicted octanol–water partition coefficient (Wildman–Crippen LogP) is 2.04. The normalized spacial score (nSPS) is 16.0. The van der Waals surface area contributed by atoms with Crippen LogP contribution >= 0.6 is 0 Å². The summed E-state index contributed by atoms with van der Waals surface area (Å²) in [4.78, 5) is 25.1. The van der Waals surface area contributed by atoms with Crippen LogP contribution in [0.5, 0.6) is 0 Å². The van der Waals surface area contributed by atoms with E-state index in [4.69, 9.17) is 5.73 Å². The average Bonchev–Trinajstić information content (AvgIpc) is 2.49. The molecule has 1 fully saturated rings. The molecule has 0 radical (unpaired) electrons. The van der Waals surface area contributed by atoms with Gasteiger partial charge in [-0.15, -0.1) is 0 Å². The summed E-state index contributed by atoms with van der Waals surface area (Å²) in [6.07, 6.45) is 3.80. The minimum absolute atomic E-state index is 0.0541. The van der Waals surface area contributed by atoms with Crippen LogP contribution < -0.4 is 5.73 Å². The fourth-order valence-electron chi connectivity index (χ4n) is 2.77. The Labute approximate surface area is 126 Å². The van der Waals surface area contributed by atoms with Gasteiger partial charge in [-0.05, 0) is 38.2 Å². The molecule has 1 aromatic carbocycles. The molecule has 0 aliphatic carbocycles. The molecule has 0 unspecified atom stereocenters. The molecule has 1 aromatic rings. The van der Waals surface area contributed by atoms with Gasteiger partial charge in [0.1, 0.15) is 0 Å². The van der Waals surface area contributed by atoms with Crippen LogP contribution in [-0.2, 0) is 16.0 Å². The number of primary amides is 1. The molecule has 2 N–H and O–H groups in total. The minimum Gasteiger partial charge on any atom is -0.369 e. The van der Waals surface area contributed by atoms with Crippen LogP contribution in [0.2, 0.25) is 0 Å². The molecule has 0 atom stereocenters. The third-order valence-corrected chi connectivity index (χ3v) is 4.23. The second-order valence-corrected chi connectivity index (χ2v) is 5.90. The summed E-state index contributed by atoms with van der Waals surface area (Å²) >= 11 is 0. The summed E-state index contributed by atoms with van der Waals surface area (Å²) in [7, 11) is 0.